The van der Waals surface area contributed by atoms with Crippen LogP contribution in [0.1, 0.15) is 43.5 Å². The van der Waals surface area contributed by atoms with E-state index in [1.807, 2.05) is 0 Å². The standard InChI is InChI=1S/C18H24N2O5/c1-4-18(2,17(23)24-3)20-15(21)12-7-5-8-13(11-12)19-16(22)14-9-6-10-25-14/h5,7-8,11,14H,4,6,9-10H2,1-3H3,(H,19,22)(H,20,21)/t14-,18+/m1/s1. The van der Waals surface area contributed by atoms with Crippen molar-refractivity contribution in [2.75, 3.05) is 19.0 Å². The number of esters is 1. The number of nitrogens with one attached hydrogen (secondary N) is 2. The molecule has 0 aliphatic carbocycles. The van der Waals surface area contributed by atoms with E-state index in [4.69, 9.17) is 9.47 Å². The number of rotatable bonds is 6. The predicted molar refractivity (Wildman–Crippen MR) is 92.2 cm³/mol. The van der Waals surface area contributed by atoms with Crippen LogP contribution >= 0.6 is 0 Å². The largest absolute Gasteiger partial charge is 0.467 e. The van der Waals surface area contributed by atoms with Gasteiger partial charge in [0.05, 0.1) is 7.11 Å². The van der Waals surface area contributed by atoms with E-state index in [0.29, 0.717) is 30.7 Å². The summed E-state index contributed by atoms with van der Waals surface area (Å²) in [5, 5.41) is 5.45. The molecule has 25 heavy (non-hydrogen) atoms. The van der Waals surface area contributed by atoms with Crippen LogP contribution in [-0.4, -0.2) is 43.1 Å². The monoisotopic (exact) mass is 348 g/mol. The maximum absolute atomic E-state index is 12.5. The van der Waals surface area contributed by atoms with Crippen molar-refractivity contribution in [1.29, 1.82) is 0 Å². The SMILES string of the molecule is CC[C@](C)(NC(=O)c1cccc(NC(=O)[C@H]2CCCO2)c1)C(=O)OC. The Labute approximate surface area is 147 Å². The van der Waals surface area contributed by atoms with E-state index in [1.165, 1.54) is 7.11 Å². The lowest BCUT2D eigenvalue weighted by Crippen LogP contribution is -2.52. The minimum atomic E-state index is -1.11. The average molecular weight is 348 g/mol. The quantitative estimate of drug-likeness (QED) is 0.766. The molecule has 1 aliphatic rings. The number of methoxy groups -OCH3 is 1. The summed E-state index contributed by atoms with van der Waals surface area (Å²) in [4.78, 5) is 36.5. The zero-order valence-corrected chi connectivity index (χ0v) is 14.8. The molecule has 2 N–H and O–H groups in total. The molecule has 2 atom stereocenters. The normalized spacial score (nSPS) is 18.9. The molecular weight excluding hydrogens is 324 g/mol. The Morgan fingerprint density at radius 3 is 2.72 bits per heavy atom. The molecule has 1 saturated heterocycles. The molecule has 1 heterocycles. The summed E-state index contributed by atoms with van der Waals surface area (Å²) < 4.78 is 10.1. The first kappa shape index (κ1) is 18.9. The van der Waals surface area contributed by atoms with Crippen LogP contribution in [0.25, 0.3) is 0 Å². The van der Waals surface area contributed by atoms with Crippen LogP contribution in [0.5, 0.6) is 0 Å². The number of anilines is 1. The zero-order valence-electron chi connectivity index (χ0n) is 14.8. The summed E-state index contributed by atoms with van der Waals surface area (Å²) in [5.41, 5.74) is -0.263. The predicted octanol–water partition coefficient (Wildman–Crippen LogP) is 1.88. The van der Waals surface area contributed by atoms with Gasteiger partial charge in [0, 0.05) is 17.9 Å². The number of carbonyl (C=O) groups excluding carboxylic acids is 3. The number of carbonyl (C=O) groups is 3. The maximum atomic E-state index is 12.5. The first-order valence-electron chi connectivity index (χ1n) is 8.33. The number of ether oxygens (including phenoxy) is 2. The molecule has 1 fully saturated rings. The van der Waals surface area contributed by atoms with Gasteiger partial charge in [0.2, 0.25) is 0 Å². The first-order chi connectivity index (χ1) is 11.9. The minimum absolute atomic E-state index is 0.219. The fourth-order valence-corrected chi connectivity index (χ4v) is 2.58. The Kier molecular flexibility index (Phi) is 6.14. The van der Waals surface area contributed by atoms with Gasteiger partial charge in [-0.3, -0.25) is 9.59 Å². The molecule has 0 unspecified atom stereocenters. The van der Waals surface area contributed by atoms with Gasteiger partial charge in [0.1, 0.15) is 11.6 Å². The molecule has 7 heteroatoms. The van der Waals surface area contributed by atoms with Crippen LogP contribution < -0.4 is 10.6 Å². The van der Waals surface area contributed by atoms with Gasteiger partial charge >= 0.3 is 5.97 Å². The van der Waals surface area contributed by atoms with E-state index in [1.54, 1.807) is 38.1 Å². The molecule has 2 amide bonds. The first-order valence-corrected chi connectivity index (χ1v) is 8.33. The van der Waals surface area contributed by atoms with Crippen LogP contribution in [0.3, 0.4) is 0 Å². The van der Waals surface area contributed by atoms with Gasteiger partial charge in [-0.05, 0) is 44.4 Å². The Bertz CT molecular complexity index is 655. The van der Waals surface area contributed by atoms with E-state index >= 15 is 0 Å². The minimum Gasteiger partial charge on any atom is -0.467 e. The summed E-state index contributed by atoms with van der Waals surface area (Å²) in [6.45, 7) is 3.99. The summed E-state index contributed by atoms with van der Waals surface area (Å²) in [5.74, 6) is -1.14. The van der Waals surface area contributed by atoms with Crippen molar-refractivity contribution < 1.29 is 23.9 Å². The van der Waals surface area contributed by atoms with E-state index in [-0.39, 0.29) is 5.91 Å². The van der Waals surface area contributed by atoms with Gasteiger partial charge in [-0.2, -0.15) is 0 Å². The highest BCUT2D eigenvalue weighted by molar-refractivity contribution is 6.00. The van der Waals surface area contributed by atoms with Gasteiger partial charge < -0.3 is 20.1 Å². The molecule has 1 aliphatic heterocycles. The molecule has 1 aromatic carbocycles. The van der Waals surface area contributed by atoms with Crippen molar-refractivity contribution in [3.63, 3.8) is 0 Å². The topological polar surface area (TPSA) is 93.7 Å². The van der Waals surface area contributed by atoms with E-state index in [0.717, 1.165) is 6.42 Å². The molecule has 2 rings (SSSR count). The Balaban J connectivity index is 2.08. The molecule has 0 aromatic heterocycles. The maximum Gasteiger partial charge on any atom is 0.331 e. The van der Waals surface area contributed by atoms with Crippen LogP contribution in [-0.2, 0) is 19.1 Å². The highest BCUT2D eigenvalue weighted by atomic mass is 16.5. The third kappa shape index (κ3) is 4.57. The van der Waals surface area contributed by atoms with Crippen LogP contribution in [0.4, 0.5) is 5.69 Å². The summed E-state index contributed by atoms with van der Waals surface area (Å²) in [7, 11) is 1.28. The number of benzene rings is 1. The molecule has 0 bridgehead atoms. The molecule has 7 nitrogen and oxygen atoms in total. The van der Waals surface area contributed by atoms with Gasteiger partial charge in [0.25, 0.3) is 11.8 Å². The molecule has 0 radical (unpaired) electrons. The van der Waals surface area contributed by atoms with Gasteiger partial charge in [-0.1, -0.05) is 13.0 Å². The summed E-state index contributed by atoms with van der Waals surface area (Å²) >= 11 is 0. The van der Waals surface area contributed by atoms with E-state index < -0.39 is 23.5 Å². The van der Waals surface area contributed by atoms with Crippen molar-refractivity contribution in [3.8, 4) is 0 Å². The van der Waals surface area contributed by atoms with Crippen LogP contribution in [0.15, 0.2) is 24.3 Å². The lowest BCUT2D eigenvalue weighted by molar-refractivity contribution is -0.147. The smallest absolute Gasteiger partial charge is 0.331 e. The van der Waals surface area contributed by atoms with Gasteiger partial charge in [0.15, 0.2) is 0 Å². The van der Waals surface area contributed by atoms with Crippen molar-refractivity contribution in [1.82, 2.24) is 5.32 Å². The molecule has 136 valence electrons. The zero-order chi connectivity index (χ0) is 18.4. The second-order valence-electron chi connectivity index (χ2n) is 6.20. The third-order valence-electron chi connectivity index (χ3n) is 4.35. The van der Waals surface area contributed by atoms with E-state index in [2.05, 4.69) is 10.6 Å². The third-order valence-corrected chi connectivity index (χ3v) is 4.35. The molecular formula is C18H24N2O5. The Morgan fingerprint density at radius 2 is 2.12 bits per heavy atom. The molecule has 0 saturated carbocycles. The lowest BCUT2D eigenvalue weighted by atomic mass is 9.98. The number of amides is 2. The summed E-state index contributed by atoms with van der Waals surface area (Å²) in [6, 6.07) is 6.55. The summed E-state index contributed by atoms with van der Waals surface area (Å²) in [6.07, 6.45) is 1.50. The van der Waals surface area contributed by atoms with Crippen molar-refractivity contribution in [2.45, 2.75) is 44.8 Å². The Morgan fingerprint density at radius 1 is 1.36 bits per heavy atom. The lowest BCUT2D eigenvalue weighted by Gasteiger charge is -2.26. The van der Waals surface area contributed by atoms with Crippen LogP contribution in [0.2, 0.25) is 0 Å². The van der Waals surface area contributed by atoms with Gasteiger partial charge in [-0.15, -0.1) is 0 Å². The van der Waals surface area contributed by atoms with E-state index in [9.17, 15) is 14.4 Å². The highest BCUT2D eigenvalue weighted by Crippen LogP contribution is 2.18. The fraction of sp³-hybridized carbons (Fsp3) is 0.500. The second kappa shape index (κ2) is 8.11. The number of hydrogen-bond acceptors (Lipinski definition) is 5. The fourth-order valence-electron chi connectivity index (χ4n) is 2.58. The van der Waals surface area contributed by atoms with Crippen molar-refractivity contribution in [3.05, 3.63) is 29.8 Å². The van der Waals surface area contributed by atoms with Gasteiger partial charge in [-0.25, -0.2) is 4.79 Å². The molecule has 0 spiro atoms. The Hall–Kier alpha value is -2.41. The second-order valence-corrected chi connectivity index (χ2v) is 6.20. The molecule has 1 aromatic rings. The highest BCUT2D eigenvalue weighted by Gasteiger charge is 2.34. The van der Waals surface area contributed by atoms with Crippen LogP contribution in [0, 0.1) is 0 Å². The van der Waals surface area contributed by atoms with Crippen molar-refractivity contribution in [2.24, 2.45) is 0 Å². The number of hydrogen-bond donors (Lipinski definition) is 2. The van der Waals surface area contributed by atoms with Crippen molar-refractivity contribution >= 4 is 23.5 Å². The average Bonchev–Trinajstić information content (AvgIpc) is 3.15.